The van der Waals surface area contributed by atoms with Crippen LogP contribution in [0.4, 0.5) is 0 Å². The number of nitrogens with zero attached hydrogens (tertiary/aromatic N) is 2. The highest BCUT2D eigenvalue weighted by Gasteiger charge is 2.07. The Balaban J connectivity index is 2.84. The van der Waals surface area contributed by atoms with Crippen molar-refractivity contribution >= 4 is 17.7 Å². The highest BCUT2D eigenvalue weighted by atomic mass is 32.2. The summed E-state index contributed by atoms with van der Waals surface area (Å²) >= 11 is 1.15. The van der Waals surface area contributed by atoms with E-state index in [-0.39, 0.29) is 5.75 Å². The Labute approximate surface area is 93.1 Å². The predicted molar refractivity (Wildman–Crippen MR) is 59.2 cm³/mol. The van der Waals surface area contributed by atoms with E-state index in [4.69, 9.17) is 5.11 Å². The molecule has 0 aliphatic carbocycles. The zero-order valence-corrected chi connectivity index (χ0v) is 9.84. The van der Waals surface area contributed by atoms with Crippen LogP contribution in [0.1, 0.15) is 31.2 Å². The maximum Gasteiger partial charge on any atom is 0.313 e. The number of carboxylic acids is 1. The van der Waals surface area contributed by atoms with Crippen LogP contribution in [-0.4, -0.2) is 26.8 Å². The molecule has 15 heavy (non-hydrogen) atoms. The zero-order valence-electron chi connectivity index (χ0n) is 9.02. The lowest BCUT2D eigenvalue weighted by Crippen LogP contribution is -2.02. The number of aliphatic carboxylic acids is 1. The Bertz CT molecular complexity index is 366. The molecule has 1 aromatic rings. The first-order valence-corrected chi connectivity index (χ1v) is 5.67. The molecule has 1 heterocycles. The van der Waals surface area contributed by atoms with Gasteiger partial charge in [-0.05, 0) is 18.9 Å². The van der Waals surface area contributed by atoms with Crippen LogP contribution in [0.2, 0.25) is 0 Å². The number of thioether (sulfide) groups is 1. The van der Waals surface area contributed by atoms with Crippen LogP contribution in [0, 0.1) is 6.92 Å². The first kappa shape index (κ1) is 12.0. The largest absolute Gasteiger partial charge is 0.481 e. The number of carboxylic acid groups (broad SMARTS) is 1. The SMILES string of the molecule is Cc1cc(C(C)C)nc(SCC(=O)O)n1. The number of aromatic nitrogens is 2. The van der Waals surface area contributed by atoms with E-state index in [2.05, 4.69) is 9.97 Å². The van der Waals surface area contributed by atoms with Crippen molar-refractivity contribution in [2.45, 2.75) is 31.8 Å². The number of carbonyl (C=O) groups is 1. The Morgan fingerprint density at radius 2 is 2.20 bits per heavy atom. The second-order valence-electron chi connectivity index (χ2n) is 3.55. The van der Waals surface area contributed by atoms with Crippen molar-refractivity contribution < 1.29 is 9.90 Å². The van der Waals surface area contributed by atoms with Gasteiger partial charge < -0.3 is 5.11 Å². The van der Waals surface area contributed by atoms with Gasteiger partial charge in [0.1, 0.15) is 0 Å². The van der Waals surface area contributed by atoms with Gasteiger partial charge >= 0.3 is 5.97 Å². The van der Waals surface area contributed by atoms with Crippen molar-refractivity contribution in [3.8, 4) is 0 Å². The molecule has 0 radical (unpaired) electrons. The minimum Gasteiger partial charge on any atom is -0.481 e. The van der Waals surface area contributed by atoms with Gasteiger partial charge in [0.25, 0.3) is 0 Å². The van der Waals surface area contributed by atoms with Gasteiger partial charge in [-0.1, -0.05) is 25.6 Å². The normalized spacial score (nSPS) is 10.7. The molecule has 0 saturated carbocycles. The van der Waals surface area contributed by atoms with Gasteiger partial charge in [0.2, 0.25) is 0 Å². The Hall–Kier alpha value is -1.10. The molecule has 1 aromatic heterocycles. The lowest BCUT2D eigenvalue weighted by Gasteiger charge is -2.07. The zero-order chi connectivity index (χ0) is 11.4. The third kappa shape index (κ3) is 3.87. The lowest BCUT2D eigenvalue weighted by atomic mass is 10.1. The summed E-state index contributed by atoms with van der Waals surface area (Å²) in [5, 5.41) is 9.09. The van der Waals surface area contributed by atoms with Crippen molar-refractivity contribution in [3.05, 3.63) is 17.5 Å². The van der Waals surface area contributed by atoms with Crippen molar-refractivity contribution in [1.29, 1.82) is 0 Å². The van der Waals surface area contributed by atoms with Gasteiger partial charge in [-0.2, -0.15) is 0 Å². The van der Waals surface area contributed by atoms with Gasteiger partial charge in [0.05, 0.1) is 5.75 Å². The Morgan fingerprint density at radius 3 is 2.73 bits per heavy atom. The van der Waals surface area contributed by atoms with E-state index in [1.807, 2.05) is 26.8 Å². The quantitative estimate of drug-likeness (QED) is 0.629. The molecule has 0 unspecified atom stereocenters. The van der Waals surface area contributed by atoms with E-state index in [0.717, 1.165) is 23.1 Å². The molecule has 5 heteroatoms. The summed E-state index contributed by atoms with van der Waals surface area (Å²) in [4.78, 5) is 18.9. The van der Waals surface area contributed by atoms with Crippen LogP contribution in [-0.2, 0) is 4.79 Å². The summed E-state index contributed by atoms with van der Waals surface area (Å²) in [6, 6.07) is 1.93. The fourth-order valence-electron chi connectivity index (χ4n) is 1.05. The molecule has 0 aliphatic rings. The van der Waals surface area contributed by atoms with Crippen LogP contribution < -0.4 is 0 Å². The average Bonchev–Trinajstić information content (AvgIpc) is 2.13. The van der Waals surface area contributed by atoms with Gasteiger partial charge in [0, 0.05) is 11.4 Å². The van der Waals surface area contributed by atoms with Crippen LogP contribution in [0.3, 0.4) is 0 Å². The van der Waals surface area contributed by atoms with Crippen LogP contribution in [0.5, 0.6) is 0 Å². The van der Waals surface area contributed by atoms with E-state index in [9.17, 15) is 4.79 Å². The number of aryl methyl sites for hydroxylation is 1. The summed E-state index contributed by atoms with van der Waals surface area (Å²) in [5.74, 6) is -0.520. The summed E-state index contributed by atoms with van der Waals surface area (Å²) in [6.45, 7) is 5.99. The standard InChI is InChI=1S/C10H14N2O2S/c1-6(2)8-4-7(3)11-10(12-8)15-5-9(13)14/h4,6H,5H2,1-3H3,(H,13,14). The second-order valence-corrected chi connectivity index (χ2v) is 4.50. The molecule has 0 spiro atoms. The van der Waals surface area contributed by atoms with Gasteiger partial charge in [-0.25, -0.2) is 9.97 Å². The Kier molecular flexibility index (Phi) is 4.08. The molecule has 4 nitrogen and oxygen atoms in total. The van der Waals surface area contributed by atoms with Gasteiger partial charge in [-0.3, -0.25) is 4.79 Å². The molecule has 0 saturated heterocycles. The molecule has 0 fully saturated rings. The summed E-state index contributed by atoms with van der Waals surface area (Å²) < 4.78 is 0. The predicted octanol–water partition coefficient (Wildman–Crippen LogP) is 2.09. The molecule has 0 bridgehead atoms. The third-order valence-electron chi connectivity index (χ3n) is 1.77. The van der Waals surface area contributed by atoms with E-state index in [1.165, 1.54) is 0 Å². The van der Waals surface area contributed by atoms with E-state index < -0.39 is 5.97 Å². The fourth-order valence-corrected chi connectivity index (χ4v) is 1.68. The first-order valence-electron chi connectivity index (χ1n) is 4.69. The first-order chi connectivity index (χ1) is 6.99. The smallest absolute Gasteiger partial charge is 0.313 e. The van der Waals surface area contributed by atoms with Crippen LogP contribution in [0.15, 0.2) is 11.2 Å². The lowest BCUT2D eigenvalue weighted by molar-refractivity contribution is -0.133. The van der Waals surface area contributed by atoms with Crippen molar-refractivity contribution in [1.82, 2.24) is 9.97 Å². The molecule has 82 valence electrons. The summed E-state index contributed by atoms with van der Waals surface area (Å²) in [6.07, 6.45) is 0. The molecular formula is C10H14N2O2S. The molecule has 1 rings (SSSR count). The minimum atomic E-state index is -0.851. The average molecular weight is 226 g/mol. The van der Waals surface area contributed by atoms with Crippen LogP contribution in [0.25, 0.3) is 0 Å². The molecular weight excluding hydrogens is 212 g/mol. The second kappa shape index (κ2) is 5.11. The number of rotatable bonds is 4. The number of hydrogen-bond donors (Lipinski definition) is 1. The number of hydrogen-bond acceptors (Lipinski definition) is 4. The van der Waals surface area contributed by atoms with Gasteiger partial charge in [-0.15, -0.1) is 0 Å². The third-order valence-corrected chi connectivity index (χ3v) is 2.60. The van der Waals surface area contributed by atoms with Crippen molar-refractivity contribution in [2.75, 3.05) is 5.75 Å². The molecule has 1 N–H and O–H groups in total. The van der Waals surface area contributed by atoms with E-state index in [0.29, 0.717) is 11.1 Å². The fraction of sp³-hybridized carbons (Fsp3) is 0.500. The highest BCUT2D eigenvalue weighted by Crippen LogP contribution is 2.18. The molecule has 0 atom stereocenters. The maximum absolute atomic E-state index is 10.4. The maximum atomic E-state index is 10.4. The van der Waals surface area contributed by atoms with Crippen molar-refractivity contribution in [3.63, 3.8) is 0 Å². The van der Waals surface area contributed by atoms with Crippen LogP contribution >= 0.6 is 11.8 Å². The van der Waals surface area contributed by atoms with Gasteiger partial charge in [0.15, 0.2) is 5.16 Å². The summed E-state index contributed by atoms with van der Waals surface area (Å²) in [7, 11) is 0. The van der Waals surface area contributed by atoms with Crippen molar-refractivity contribution in [2.24, 2.45) is 0 Å². The Morgan fingerprint density at radius 1 is 1.53 bits per heavy atom. The monoisotopic (exact) mass is 226 g/mol. The van der Waals surface area contributed by atoms with E-state index in [1.54, 1.807) is 0 Å². The minimum absolute atomic E-state index is 0.000981. The molecule has 0 amide bonds. The van der Waals surface area contributed by atoms with E-state index >= 15 is 0 Å². The topological polar surface area (TPSA) is 63.1 Å². The highest BCUT2D eigenvalue weighted by molar-refractivity contribution is 7.99. The summed E-state index contributed by atoms with van der Waals surface area (Å²) in [5.41, 5.74) is 1.83. The molecule has 0 aliphatic heterocycles. The molecule has 0 aromatic carbocycles.